The molecule has 0 atom stereocenters. The number of hydrogen-bond acceptors (Lipinski definition) is 1. The quantitative estimate of drug-likeness (QED) is 0.175. The first-order chi connectivity index (χ1) is 30.1. The monoisotopic (exact) mass is 636 g/mol. The van der Waals surface area contributed by atoms with E-state index in [0.29, 0.717) is 33.1 Å². The molecule has 0 spiro atoms. The maximum absolute atomic E-state index is 9.37. The standard InChI is InChI=1S/C48H30O/c1-3-14-31(15-4-1)33-26-27-34-29-43-45(30-35(34)28-33)49-44-25-13-24-42(48(43)44)47-40-22-11-9-20-38(40)46(39-21-10-12-23-41(39)47)37-19-8-7-18-36(37)32-16-5-2-6-17-32/h1-30H/i1D,2D,3D,4D,5D,6D,7D,8D,14D,15D,16D,17D,18D,19D. The lowest BCUT2D eigenvalue weighted by Gasteiger charge is -2.20. The van der Waals surface area contributed by atoms with Crippen molar-refractivity contribution in [2.24, 2.45) is 0 Å². The second-order valence-corrected chi connectivity index (χ2v) is 11.8. The number of benzene rings is 9. The minimum atomic E-state index is -0.628. The second kappa shape index (κ2) is 11.1. The Balaban J connectivity index is 1.27. The molecule has 0 unspecified atom stereocenters. The van der Waals surface area contributed by atoms with Crippen molar-refractivity contribution in [3.63, 3.8) is 0 Å². The molecule has 1 heteroatoms. The topological polar surface area (TPSA) is 13.1 Å². The van der Waals surface area contributed by atoms with Crippen LogP contribution in [0.3, 0.4) is 0 Å². The van der Waals surface area contributed by atoms with Gasteiger partial charge < -0.3 is 4.42 Å². The van der Waals surface area contributed by atoms with Gasteiger partial charge in [0.05, 0.1) is 19.2 Å². The molecule has 228 valence electrons. The largest absolute Gasteiger partial charge is 0.456 e. The molecule has 0 fully saturated rings. The van der Waals surface area contributed by atoms with Crippen LogP contribution in [0.5, 0.6) is 0 Å². The van der Waals surface area contributed by atoms with Crippen LogP contribution in [0.1, 0.15) is 19.2 Å². The Morgan fingerprint density at radius 3 is 1.63 bits per heavy atom. The molecule has 0 N–H and O–H groups in total. The zero-order valence-electron chi connectivity index (χ0n) is 39.6. The van der Waals surface area contributed by atoms with Crippen molar-refractivity contribution >= 4 is 54.3 Å². The smallest absolute Gasteiger partial charge is 0.136 e. The molecular weight excluding hydrogens is 593 g/mol. The Morgan fingerprint density at radius 1 is 0.367 bits per heavy atom. The molecule has 0 amide bonds. The first-order valence-electron chi connectivity index (χ1n) is 22.7. The molecule has 10 aromatic rings. The van der Waals surface area contributed by atoms with Gasteiger partial charge in [-0.25, -0.2) is 0 Å². The summed E-state index contributed by atoms with van der Waals surface area (Å²) in [5.74, 6) is 0. The highest BCUT2D eigenvalue weighted by molar-refractivity contribution is 6.26. The van der Waals surface area contributed by atoms with E-state index in [0.717, 1.165) is 43.4 Å². The third kappa shape index (κ3) is 4.40. The van der Waals surface area contributed by atoms with Crippen molar-refractivity contribution in [1.82, 2.24) is 0 Å². The van der Waals surface area contributed by atoms with E-state index in [4.69, 9.17) is 20.9 Å². The van der Waals surface area contributed by atoms with E-state index in [9.17, 15) is 2.74 Å². The molecule has 0 radical (unpaired) electrons. The number of fused-ring (bicyclic) bond motifs is 6. The van der Waals surface area contributed by atoms with Crippen molar-refractivity contribution in [3.8, 4) is 44.5 Å². The average Bonchev–Trinajstić information content (AvgIpc) is 3.66. The van der Waals surface area contributed by atoms with Gasteiger partial charge in [-0.05, 0) is 101 Å². The van der Waals surface area contributed by atoms with Gasteiger partial charge >= 0.3 is 0 Å². The Kier molecular flexibility index (Phi) is 3.87. The highest BCUT2D eigenvalue weighted by Gasteiger charge is 2.21. The van der Waals surface area contributed by atoms with Crippen molar-refractivity contribution < 1.29 is 23.6 Å². The van der Waals surface area contributed by atoms with Gasteiger partial charge in [0.25, 0.3) is 0 Å². The van der Waals surface area contributed by atoms with Crippen LogP contribution < -0.4 is 0 Å². The summed E-state index contributed by atoms with van der Waals surface area (Å²) in [6, 6.07) is 22.9. The molecule has 1 nitrogen and oxygen atoms in total. The fraction of sp³-hybridized carbons (Fsp3) is 0. The van der Waals surface area contributed by atoms with Crippen molar-refractivity contribution in [1.29, 1.82) is 0 Å². The van der Waals surface area contributed by atoms with Crippen LogP contribution >= 0.6 is 0 Å². The molecule has 0 aliphatic heterocycles. The second-order valence-electron chi connectivity index (χ2n) is 11.8. The van der Waals surface area contributed by atoms with Gasteiger partial charge in [0.1, 0.15) is 11.2 Å². The lowest BCUT2D eigenvalue weighted by molar-refractivity contribution is 0.669. The first-order valence-corrected chi connectivity index (χ1v) is 15.7. The van der Waals surface area contributed by atoms with Crippen LogP contribution in [0.15, 0.2) is 186 Å². The third-order valence-electron chi connectivity index (χ3n) is 9.13. The molecule has 0 aliphatic carbocycles. The summed E-state index contributed by atoms with van der Waals surface area (Å²) in [5.41, 5.74) is 3.19. The molecule has 0 saturated carbocycles. The Hall–Kier alpha value is -6.44. The summed E-state index contributed by atoms with van der Waals surface area (Å²) in [4.78, 5) is 0. The van der Waals surface area contributed by atoms with Crippen molar-refractivity contribution in [2.45, 2.75) is 0 Å². The summed E-state index contributed by atoms with van der Waals surface area (Å²) in [6.07, 6.45) is 0. The van der Waals surface area contributed by atoms with Gasteiger partial charge in [0, 0.05) is 10.8 Å². The summed E-state index contributed by atoms with van der Waals surface area (Å²) < 4.78 is 127. The fourth-order valence-electron chi connectivity index (χ4n) is 7.08. The first kappa shape index (κ1) is 17.1. The number of hydrogen-bond donors (Lipinski definition) is 0. The van der Waals surface area contributed by atoms with Crippen LogP contribution in [0.2, 0.25) is 0 Å². The summed E-state index contributed by atoms with van der Waals surface area (Å²) >= 11 is 0. The molecule has 9 aromatic carbocycles. The molecule has 49 heavy (non-hydrogen) atoms. The van der Waals surface area contributed by atoms with E-state index >= 15 is 0 Å². The molecule has 0 bridgehead atoms. The van der Waals surface area contributed by atoms with Crippen LogP contribution in [0.25, 0.3) is 98.8 Å². The fourth-order valence-corrected chi connectivity index (χ4v) is 7.08. The third-order valence-corrected chi connectivity index (χ3v) is 9.13. The van der Waals surface area contributed by atoms with Gasteiger partial charge in [-0.2, -0.15) is 0 Å². The highest BCUT2D eigenvalue weighted by atomic mass is 16.3. The van der Waals surface area contributed by atoms with Gasteiger partial charge in [-0.1, -0.05) is 157 Å². The van der Waals surface area contributed by atoms with Crippen LogP contribution in [0, 0.1) is 0 Å². The van der Waals surface area contributed by atoms with Crippen molar-refractivity contribution in [3.05, 3.63) is 182 Å². The lowest BCUT2D eigenvalue weighted by atomic mass is 9.83. The average molecular weight is 637 g/mol. The number of furan rings is 1. The zero-order chi connectivity index (χ0) is 44.5. The SMILES string of the molecule is [2H]c1c([2H])c([2H])c(-c2ccc3cc4c(cc3c2)oc2cccc(-c3c5ccccc5c(-c5c([2H])c([2H])c([2H])c([2H])c5-c5c([2H])c([2H])c([2H])c([2H])c5[2H])c5ccccc35)c24)c([2H])c1[2H]. The van der Waals surface area contributed by atoms with E-state index in [1.54, 1.807) is 12.1 Å². The summed E-state index contributed by atoms with van der Waals surface area (Å²) in [5, 5.41) is 5.78. The predicted octanol–water partition coefficient (Wildman–Crippen LogP) is 13.7. The van der Waals surface area contributed by atoms with Gasteiger partial charge in [-0.3, -0.25) is 0 Å². The Morgan fingerprint density at radius 2 is 0.959 bits per heavy atom. The molecule has 0 aliphatic rings. The predicted molar refractivity (Wildman–Crippen MR) is 208 cm³/mol. The van der Waals surface area contributed by atoms with E-state index in [1.165, 1.54) is 0 Å². The van der Waals surface area contributed by atoms with Crippen molar-refractivity contribution in [2.75, 3.05) is 0 Å². The Labute approximate surface area is 304 Å². The van der Waals surface area contributed by atoms with Crippen LogP contribution in [-0.4, -0.2) is 0 Å². The highest BCUT2D eigenvalue weighted by Crippen LogP contribution is 2.48. The normalized spacial score (nSPS) is 15.7. The lowest BCUT2D eigenvalue weighted by Crippen LogP contribution is -1.93. The zero-order valence-corrected chi connectivity index (χ0v) is 25.6. The summed E-state index contributed by atoms with van der Waals surface area (Å²) in [6.45, 7) is 0. The maximum Gasteiger partial charge on any atom is 0.136 e. The van der Waals surface area contributed by atoms with Gasteiger partial charge in [0.15, 0.2) is 0 Å². The summed E-state index contributed by atoms with van der Waals surface area (Å²) in [7, 11) is 0. The van der Waals surface area contributed by atoms with E-state index in [1.807, 2.05) is 84.9 Å². The van der Waals surface area contributed by atoms with Crippen LogP contribution in [0.4, 0.5) is 0 Å². The number of rotatable bonds is 4. The van der Waals surface area contributed by atoms with E-state index in [2.05, 4.69) is 0 Å². The molecule has 1 heterocycles. The van der Waals surface area contributed by atoms with Crippen LogP contribution in [-0.2, 0) is 0 Å². The van der Waals surface area contributed by atoms with Gasteiger partial charge in [0.2, 0.25) is 0 Å². The molecular formula is C48H30O. The molecule has 0 saturated heterocycles. The Bertz CT molecular complexity index is 3570. The molecule has 1 aromatic heterocycles. The van der Waals surface area contributed by atoms with E-state index < -0.39 is 72.5 Å². The van der Waals surface area contributed by atoms with E-state index in [-0.39, 0.29) is 34.3 Å². The van der Waals surface area contributed by atoms with Gasteiger partial charge in [-0.15, -0.1) is 0 Å². The molecule has 10 rings (SSSR count). The maximum atomic E-state index is 9.37. The minimum Gasteiger partial charge on any atom is -0.456 e. The minimum absolute atomic E-state index is 0.0000921.